The first-order chi connectivity index (χ1) is 18.3. The molecular formula is C32H41N3O4. The van der Waals surface area contributed by atoms with Crippen LogP contribution >= 0.6 is 0 Å². The lowest BCUT2D eigenvalue weighted by Gasteiger charge is -2.38. The molecule has 3 amide bonds. The summed E-state index contributed by atoms with van der Waals surface area (Å²) in [4.78, 5) is 42.3. The Kier molecular flexibility index (Phi) is 9.38. The van der Waals surface area contributed by atoms with Gasteiger partial charge in [0.05, 0.1) is 0 Å². The van der Waals surface area contributed by atoms with Gasteiger partial charge in [0.25, 0.3) is 5.91 Å². The van der Waals surface area contributed by atoms with Crippen molar-refractivity contribution in [3.05, 3.63) is 77.9 Å². The highest BCUT2D eigenvalue weighted by molar-refractivity contribution is 6.00. The minimum absolute atomic E-state index is 0.242. The van der Waals surface area contributed by atoms with E-state index in [0.717, 1.165) is 16.3 Å². The fourth-order valence-corrected chi connectivity index (χ4v) is 4.45. The van der Waals surface area contributed by atoms with Gasteiger partial charge in [-0.05, 0) is 75.9 Å². The Bertz CT molecular complexity index is 1310. The minimum Gasteiger partial charge on any atom is -0.444 e. The van der Waals surface area contributed by atoms with Gasteiger partial charge in [0, 0.05) is 11.7 Å². The lowest BCUT2D eigenvalue weighted by atomic mass is 9.97. The minimum atomic E-state index is -0.925. The van der Waals surface area contributed by atoms with Crippen molar-refractivity contribution in [1.82, 2.24) is 10.2 Å². The zero-order valence-corrected chi connectivity index (χ0v) is 24.2. The van der Waals surface area contributed by atoms with Gasteiger partial charge in [-0.1, -0.05) is 74.0 Å². The Morgan fingerprint density at radius 2 is 1.46 bits per heavy atom. The van der Waals surface area contributed by atoms with Crippen molar-refractivity contribution in [2.45, 2.75) is 79.1 Å². The Hall–Kier alpha value is -3.87. The Morgan fingerprint density at radius 3 is 2.03 bits per heavy atom. The molecule has 3 aromatic carbocycles. The third kappa shape index (κ3) is 7.82. The standard InChI is InChI=1S/C32H41N3O4/c1-20(2)27(34-31(38)39-32(6,7)8)30(37)35(21(3)4)28(24-15-13-22(5)14-16-24)29(36)33-26-18-17-23-11-9-10-12-25(23)19-26/h9-21,27-28H,1-8H3,(H,33,36)(H,34,38). The molecule has 2 unspecified atom stereocenters. The van der Waals surface area contributed by atoms with Crippen LogP contribution < -0.4 is 10.6 Å². The maximum Gasteiger partial charge on any atom is 0.408 e. The summed E-state index contributed by atoms with van der Waals surface area (Å²) >= 11 is 0. The zero-order valence-electron chi connectivity index (χ0n) is 24.2. The molecule has 208 valence electrons. The number of hydrogen-bond acceptors (Lipinski definition) is 4. The fourth-order valence-electron chi connectivity index (χ4n) is 4.45. The number of nitrogens with one attached hydrogen (secondary N) is 2. The number of aryl methyl sites for hydroxylation is 1. The summed E-state index contributed by atoms with van der Waals surface area (Å²) in [5.41, 5.74) is 1.65. The molecule has 0 aliphatic heterocycles. The monoisotopic (exact) mass is 531 g/mol. The Balaban J connectivity index is 2.00. The maximum atomic E-state index is 14.1. The van der Waals surface area contributed by atoms with Gasteiger partial charge in [0.2, 0.25) is 5.91 Å². The molecule has 3 rings (SSSR count). The second-order valence-corrected chi connectivity index (χ2v) is 11.6. The Morgan fingerprint density at radius 1 is 0.846 bits per heavy atom. The van der Waals surface area contributed by atoms with Crippen LogP contribution in [-0.2, 0) is 14.3 Å². The van der Waals surface area contributed by atoms with Gasteiger partial charge < -0.3 is 20.3 Å². The van der Waals surface area contributed by atoms with Crippen LogP contribution in [0.3, 0.4) is 0 Å². The number of hydrogen-bond donors (Lipinski definition) is 2. The van der Waals surface area contributed by atoms with Crippen molar-refractivity contribution in [2.75, 3.05) is 5.32 Å². The van der Waals surface area contributed by atoms with Crippen molar-refractivity contribution >= 4 is 34.4 Å². The Labute approximate surface area is 231 Å². The highest BCUT2D eigenvalue weighted by Gasteiger charge is 2.39. The SMILES string of the molecule is Cc1ccc(C(C(=O)Nc2ccc3ccccc3c2)N(C(=O)C(NC(=O)OC(C)(C)C)C(C)C)C(C)C)cc1. The predicted molar refractivity (Wildman–Crippen MR) is 156 cm³/mol. The van der Waals surface area contributed by atoms with E-state index < -0.39 is 23.8 Å². The third-order valence-electron chi connectivity index (χ3n) is 6.35. The van der Waals surface area contributed by atoms with Gasteiger partial charge in [0.15, 0.2) is 0 Å². The molecule has 0 aliphatic carbocycles. The van der Waals surface area contributed by atoms with Crippen LogP contribution in [0.1, 0.15) is 65.6 Å². The maximum absolute atomic E-state index is 14.1. The second kappa shape index (κ2) is 12.3. The predicted octanol–water partition coefficient (Wildman–Crippen LogP) is 6.61. The van der Waals surface area contributed by atoms with E-state index in [4.69, 9.17) is 4.74 Å². The molecule has 2 atom stereocenters. The summed E-state index contributed by atoms with van der Waals surface area (Å²) in [6.45, 7) is 14.7. The molecule has 7 heteroatoms. The molecule has 2 N–H and O–H groups in total. The first-order valence-electron chi connectivity index (χ1n) is 13.4. The number of benzene rings is 3. The first-order valence-corrected chi connectivity index (χ1v) is 13.4. The molecule has 0 radical (unpaired) electrons. The number of amides is 3. The molecule has 0 aromatic heterocycles. The summed E-state index contributed by atoms with van der Waals surface area (Å²) in [6, 6.07) is 19.1. The van der Waals surface area contributed by atoms with E-state index in [1.807, 2.05) is 101 Å². The molecule has 0 saturated heterocycles. The fraction of sp³-hybridized carbons (Fsp3) is 0.406. The highest BCUT2D eigenvalue weighted by atomic mass is 16.6. The van der Waals surface area contributed by atoms with Crippen LogP contribution in [0.4, 0.5) is 10.5 Å². The van der Waals surface area contributed by atoms with Gasteiger partial charge in [-0.2, -0.15) is 0 Å². The van der Waals surface area contributed by atoms with Gasteiger partial charge >= 0.3 is 6.09 Å². The van der Waals surface area contributed by atoms with Crippen molar-refractivity contribution in [2.24, 2.45) is 5.92 Å². The number of fused-ring (bicyclic) bond motifs is 1. The third-order valence-corrected chi connectivity index (χ3v) is 6.35. The smallest absolute Gasteiger partial charge is 0.408 e. The van der Waals surface area contributed by atoms with Gasteiger partial charge in [-0.15, -0.1) is 0 Å². The van der Waals surface area contributed by atoms with Crippen molar-refractivity contribution in [1.29, 1.82) is 0 Å². The van der Waals surface area contributed by atoms with Crippen LogP contribution in [0, 0.1) is 12.8 Å². The molecule has 0 fully saturated rings. The summed E-state index contributed by atoms with van der Waals surface area (Å²) in [5, 5.41) is 7.85. The van der Waals surface area contributed by atoms with E-state index in [2.05, 4.69) is 10.6 Å². The van der Waals surface area contributed by atoms with Gasteiger partial charge in [-0.25, -0.2) is 4.79 Å². The lowest BCUT2D eigenvalue weighted by Crippen LogP contribution is -2.56. The van der Waals surface area contributed by atoms with E-state index in [-0.39, 0.29) is 23.8 Å². The highest BCUT2D eigenvalue weighted by Crippen LogP contribution is 2.28. The molecule has 3 aromatic rings. The number of nitrogens with zero attached hydrogens (tertiary/aromatic N) is 1. The molecule has 39 heavy (non-hydrogen) atoms. The first kappa shape index (κ1) is 29.7. The van der Waals surface area contributed by atoms with Crippen molar-refractivity contribution in [3.8, 4) is 0 Å². The molecule has 0 aliphatic rings. The topological polar surface area (TPSA) is 87.7 Å². The number of carbonyl (C=O) groups excluding carboxylic acids is 3. The van der Waals surface area contributed by atoms with Crippen LogP contribution in [0.5, 0.6) is 0 Å². The van der Waals surface area contributed by atoms with Gasteiger partial charge in [-0.3, -0.25) is 9.59 Å². The molecule has 0 spiro atoms. The number of anilines is 1. The van der Waals surface area contributed by atoms with Crippen LogP contribution in [0.15, 0.2) is 66.7 Å². The van der Waals surface area contributed by atoms with Crippen molar-refractivity contribution in [3.63, 3.8) is 0 Å². The largest absolute Gasteiger partial charge is 0.444 e. The van der Waals surface area contributed by atoms with E-state index in [1.54, 1.807) is 25.7 Å². The molecule has 0 saturated carbocycles. The lowest BCUT2D eigenvalue weighted by molar-refractivity contribution is -0.143. The number of rotatable bonds is 8. The van der Waals surface area contributed by atoms with Gasteiger partial charge in [0.1, 0.15) is 17.7 Å². The average molecular weight is 532 g/mol. The number of ether oxygens (including phenoxy) is 1. The summed E-state index contributed by atoms with van der Waals surface area (Å²) in [7, 11) is 0. The normalized spacial score (nSPS) is 13.2. The quantitative estimate of drug-likeness (QED) is 0.342. The van der Waals surface area contributed by atoms with E-state index >= 15 is 0 Å². The molecule has 0 bridgehead atoms. The van der Waals surface area contributed by atoms with Crippen LogP contribution in [0.25, 0.3) is 10.8 Å². The summed E-state index contributed by atoms with van der Waals surface area (Å²) in [5.74, 6) is -0.936. The summed E-state index contributed by atoms with van der Waals surface area (Å²) < 4.78 is 5.43. The molecular weight excluding hydrogens is 490 g/mol. The van der Waals surface area contributed by atoms with Crippen molar-refractivity contribution < 1.29 is 19.1 Å². The molecule has 0 heterocycles. The van der Waals surface area contributed by atoms with E-state index in [1.165, 1.54) is 0 Å². The summed E-state index contributed by atoms with van der Waals surface area (Å²) in [6.07, 6.45) is -0.675. The average Bonchev–Trinajstić information content (AvgIpc) is 2.84. The van der Waals surface area contributed by atoms with E-state index in [0.29, 0.717) is 11.3 Å². The number of alkyl carbamates (subject to hydrolysis) is 1. The number of carbonyl (C=O) groups is 3. The van der Waals surface area contributed by atoms with Crippen LogP contribution in [-0.4, -0.2) is 40.5 Å². The zero-order chi connectivity index (χ0) is 28.9. The second-order valence-electron chi connectivity index (χ2n) is 11.6. The van der Waals surface area contributed by atoms with E-state index in [9.17, 15) is 14.4 Å². The van der Waals surface area contributed by atoms with Crippen LogP contribution in [0.2, 0.25) is 0 Å². The molecule has 7 nitrogen and oxygen atoms in total.